The van der Waals surface area contributed by atoms with E-state index in [4.69, 9.17) is 14.2 Å². The van der Waals surface area contributed by atoms with Gasteiger partial charge in [0.25, 0.3) is 0 Å². The molecule has 1 atom stereocenters. The summed E-state index contributed by atoms with van der Waals surface area (Å²) in [4.78, 5) is 35.2. The first kappa shape index (κ1) is 29.3. The number of carbonyl (C=O) groups is 3. The van der Waals surface area contributed by atoms with Crippen molar-refractivity contribution in [1.29, 1.82) is 0 Å². The fraction of sp³-hybridized carbons (Fsp3) is 0.265. The van der Waals surface area contributed by atoms with E-state index in [1.807, 2.05) is 36.4 Å². The Morgan fingerprint density at radius 2 is 1.51 bits per heavy atom. The standard InChI is InChI=1S/C34H34O7/c1-24-23-31(41-33(24)36)7-5-3-4-6-22-39-29-17-15-28(16-18-29)34(37)40-30-19-13-27(14-20-30)26-11-8-25(9-12-26)10-21-32(35)38-2/h8-21,31H,1,3-7,22-23H2,2H3. The average Bonchev–Trinajstić information content (AvgIpc) is 3.32. The highest BCUT2D eigenvalue weighted by molar-refractivity contribution is 5.91. The van der Waals surface area contributed by atoms with Crippen molar-refractivity contribution >= 4 is 24.0 Å². The van der Waals surface area contributed by atoms with Gasteiger partial charge >= 0.3 is 17.9 Å². The number of carbonyl (C=O) groups excluding carboxylic acids is 3. The molecule has 3 aromatic rings. The SMILES string of the molecule is C=C1CC(CCCCCCOc2ccc(C(=O)Oc3ccc(-c4ccc(C=CC(=O)OC)cc4)cc3)cc2)OC1=O. The lowest BCUT2D eigenvalue weighted by atomic mass is 10.0. The fourth-order valence-corrected chi connectivity index (χ4v) is 4.40. The van der Waals surface area contributed by atoms with Crippen molar-refractivity contribution in [3.05, 3.63) is 102 Å². The molecule has 0 N–H and O–H groups in total. The first-order valence-electron chi connectivity index (χ1n) is 13.7. The van der Waals surface area contributed by atoms with Crippen LogP contribution in [-0.4, -0.2) is 37.7 Å². The molecule has 41 heavy (non-hydrogen) atoms. The second-order valence-corrected chi connectivity index (χ2v) is 9.80. The molecule has 0 aromatic heterocycles. The van der Waals surface area contributed by atoms with E-state index in [0.29, 0.717) is 35.7 Å². The van der Waals surface area contributed by atoms with Gasteiger partial charge in [-0.05, 0) is 78.4 Å². The Balaban J connectivity index is 1.16. The van der Waals surface area contributed by atoms with Gasteiger partial charge in [-0.1, -0.05) is 55.8 Å². The molecule has 3 aromatic carbocycles. The maximum absolute atomic E-state index is 12.6. The number of unbranched alkanes of at least 4 members (excludes halogenated alkanes) is 3. The van der Waals surface area contributed by atoms with Gasteiger partial charge in [-0.3, -0.25) is 0 Å². The van der Waals surface area contributed by atoms with E-state index in [2.05, 4.69) is 11.3 Å². The molecule has 0 radical (unpaired) electrons. The number of methoxy groups -OCH3 is 1. The van der Waals surface area contributed by atoms with Gasteiger partial charge in [-0.2, -0.15) is 0 Å². The molecular formula is C34H34O7. The third-order valence-electron chi connectivity index (χ3n) is 6.74. The molecule has 0 saturated carbocycles. The zero-order valence-corrected chi connectivity index (χ0v) is 23.2. The summed E-state index contributed by atoms with van der Waals surface area (Å²) in [5.74, 6) is 0.0507. The molecule has 0 bridgehead atoms. The van der Waals surface area contributed by atoms with E-state index < -0.39 is 11.9 Å². The highest BCUT2D eigenvalue weighted by Crippen LogP contribution is 2.25. The van der Waals surface area contributed by atoms with Crippen molar-refractivity contribution in [1.82, 2.24) is 0 Å². The van der Waals surface area contributed by atoms with Crippen LogP contribution in [0.25, 0.3) is 17.2 Å². The van der Waals surface area contributed by atoms with Crippen LogP contribution in [0.4, 0.5) is 0 Å². The molecule has 0 amide bonds. The number of benzene rings is 3. The van der Waals surface area contributed by atoms with Crippen LogP contribution in [0.5, 0.6) is 11.5 Å². The second-order valence-electron chi connectivity index (χ2n) is 9.80. The Morgan fingerprint density at radius 1 is 0.878 bits per heavy atom. The molecule has 4 rings (SSSR count). The van der Waals surface area contributed by atoms with Crippen molar-refractivity contribution in [2.75, 3.05) is 13.7 Å². The van der Waals surface area contributed by atoms with Gasteiger partial charge in [0.1, 0.15) is 17.6 Å². The van der Waals surface area contributed by atoms with Gasteiger partial charge in [0, 0.05) is 18.1 Å². The molecule has 7 nitrogen and oxygen atoms in total. The van der Waals surface area contributed by atoms with Crippen molar-refractivity contribution in [2.45, 2.75) is 44.6 Å². The molecule has 1 heterocycles. The van der Waals surface area contributed by atoms with E-state index in [1.54, 1.807) is 42.5 Å². The molecule has 7 heteroatoms. The van der Waals surface area contributed by atoms with Crippen LogP contribution in [0.1, 0.15) is 54.4 Å². The predicted octanol–water partition coefficient (Wildman–Crippen LogP) is 6.96. The smallest absolute Gasteiger partial charge is 0.343 e. The van der Waals surface area contributed by atoms with Crippen molar-refractivity contribution in [3.8, 4) is 22.6 Å². The van der Waals surface area contributed by atoms with Crippen LogP contribution < -0.4 is 9.47 Å². The molecule has 0 spiro atoms. The quantitative estimate of drug-likeness (QED) is 0.0977. The minimum atomic E-state index is -0.442. The monoisotopic (exact) mass is 554 g/mol. The minimum Gasteiger partial charge on any atom is -0.494 e. The Morgan fingerprint density at radius 3 is 2.15 bits per heavy atom. The zero-order chi connectivity index (χ0) is 29.0. The summed E-state index contributed by atoms with van der Waals surface area (Å²) in [7, 11) is 1.34. The Kier molecular flexibility index (Phi) is 10.5. The summed E-state index contributed by atoms with van der Waals surface area (Å²) < 4.78 is 21.2. The Labute approximate surface area is 240 Å². The van der Waals surface area contributed by atoms with E-state index in [9.17, 15) is 14.4 Å². The lowest BCUT2D eigenvalue weighted by Crippen LogP contribution is -2.08. The van der Waals surface area contributed by atoms with Crippen molar-refractivity contribution in [2.24, 2.45) is 0 Å². The van der Waals surface area contributed by atoms with Crippen LogP contribution in [0, 0.1) is 0 Å². The highest BCUT2D eigenvalue weighted by Gasteiger charge is 2.26. The fourth-order valence-electron chi connectivity index (χ4n) is 4.40. The average molecular weight is 555 g/mol. The first-order chi connectivity index (χ1) is 19.9. The van der Waals surface area contributed by atoms with Gasteiger partial charge in [-0.25, -0.2) is 14.4 Å². The summed E-state index contributed by atoms with van der Waals surface area (Å²) in [6, 6.07) is 21.9. The van der Waals surface area contributed by atoms with Crippen LogP contribution >= 0.6 is 0 Å². The number of hydrogen-bond donors (Lipinski definition) is 0. The normalized spacial score (nSPS) is 14.6. The molecule has 1 unspecified atom stereocenters. The summed E-state index contributed by atoms with van der Waals surface area (Å²) in [6.07, 6.45) is 8.60. The molecule has 1 aliphatic heterocycles. The maximum Gasteiger partial charge on any atom is 0.343 e. The van der Waals surface area contributed by atoms with E-state index >= 15 is 0 Å². The van der Waals surface area contributed by atoms with Crippen LogP contribution in [0.15, 0.2) is 91.0 Å². The topological polar surface area (TPSA) is 88.1 Å². The Bertz CT molecular complexity index is 1350. The van der Waals surface area contributed by atoms with Gasteiger partial charge in [0.05, 0.1) is 19.3 Å². The van der Waals surface area contributed by atoms with Crippen LogP contribution in [0.2, 0.25) is 0 Å². The number of cyclic esters (lactones) is 1. The van der Waals surface area contributed by atoms with E-state index in [-0.39, 0.29) is 12.1 Å². The summed E-state index contributed by atoms with van der Waals surface area (Å²) in [5, 5.41) is 0. The van der Waals surface area contributed by atoms with Gasteiger partial charge < -0.3 is 18.9 Å². The number of hydrogen-bond acceptors (Lipinski definition) is 7. The lowest BCUT2D eigenvalue weighted by Gasteiger charge is -2.09. The summed E-state index contributed by atoms with van der Waals surface area (Å²) in [6.45, 7) is 4.31. The number of rotatable bonds is 13. The summed E-state index contributed by atoms with van der Waals surface area (Å²) >= 11 is 0. The second kappa shape index (κ2) is 14.7. The summed E-state index contributed by atoms with van der Waals surface area (Å²) in [5.41, 5.74) is 3.86. The van der Waals surface area contributed by atoms with Gasteiger partial charge in [0.15, 0.2) is 0 Å². The number of esters is 3. The van der Waals surface area contributed by atoms with Gasteiger partial charge in [-0.15, -0.1) is 0 Å². The first-order valence-corrected chi connectivity index (χ1v) is 13.7. The zero-order valence-electron chi connectivity index (χ0n) is 23.2. The molecule has 212 valence electrons. The third-order valence-corrected chi connectivity index (χ3v) is 6.74. The highest BCUT2D eigenvalue weighted by atomic mass is 16.6. The number of ether oxygens (including phenoxy) is 4. The molecule has 1 saturated heterocycles. The van der Waals surface area contributed by atoms with Crippen molar-refractivity contribution < 1.29 is 33.3 Å². The molecule has 1 aliphatic rings. The largest absolute Gasteiger partial charge is 0.494 e. The molecule has 1 fully saturated rings. The maximum atomic E-state index is 12.6. The van der Waals surface area contributed by atoms with Gasteiger partial charge in [0.2, 0.25) is 0 Å². The molecular weight excluding hydrogens is 520 g/mol. The van der Waals surface area contributed by atoms with Crippen molar-refractivity contribution in [3.63, 3.8) is 0 Å². The van der Waals surface area contributed by atoms with Crippen LogP contribution in [0.3, 0.4) is 0 Å². The minimum absolute atomic E-state index is 0.0100. The molecule has 0 aliphatic carbocycles. The van der Waals surface area contributed by atoms with Crippen LogP contribution in [-0.2, 0) is 19.1 Å². The lowest BCUT2D eigenvalue weighted by molar-refractivity contribution is -0.139. The van der Waals surface area contributed by atoms with E-state index in [0.717, 1.165) is 48.8 Å². The Hall–Kier alpha value is -4.65. The predicted molar refractivity (Wildman–Crippen MR) is 157 cm³/mol. The third kappa shape index (κ3) is 8.93. The van der Waals surface area contributed by atoms with E-state index in [1.165, 1.54) is 13.2 Å².